The third-order valence-corrected chi connectivity index (χ3v) is 4.82. The second-order valence-electron chi connectivity index (χ2n) is 6.53. The molecule has 0 spiro atoms. The Hall–Kier alpha value is -2.41. The van der Waals surface area contributed by atoms with Gasteiger partial charge in [0.2, 0.25) is 17.7 Å². The van der Waals surface area contributed by atoms with Gasteiger partial charge in [0.25, 0.3) is 0 Å². The van der Waals surface area contributed by atoms with Crippen LogP contribution in [0.25, 0.3) is 0 Å². The molecule has 1 aliphatic heterocycles. The molecular formula is C18H21N3O4. The van der Waals surface area contributed by atoms with Crippen molar-refractivity contribution in [3.63, 3.8) is 0 Å². The number of nitrogens with zero attached hydrogens (tertiary/aromatic N) is 3. The molecule has 1 saturated carbocycles. The number of morpholine rings is 1. The van der Waals surface area contributed by atoms with Crippen LogP contribution >= 0.6 is 0 Å². The van der Waals surface area contributed by atoms with E-state index in [2.05, 4.69) is 16.3 Å². The molecule has 1 aromatic carbocycles. The first-order chi connectivity index (χ1) is 12.2. The quantitative estimate of drug-likeness (QED) is 0.846. The summed E-state index contributed by atoms with van der Waals surface area (Å²) in [5, 5.41) is 7.85. The fourth-order valence-corrected chi connectivity index (χ4v) is 3.38. The number of aryl methyl sites for hydroxylation is 1. The molecule has 7 nitrogen and oxygen atoms in total. The molecule has 4 rings (SSSR count). The second-order valence-corrected chi connectivity index (χ2v) is 6.53. The molecular weight excluding hydrogens is 322 g/mol. The number of ether oxygens (including phenoxy) is 2. The lowest BCUT2D eigenvalue weighted by atomic mass is 10.1. The number of rotatable bonds is 4. The summed E-state index contributed by atoms with van der Waals surface area (Å²) in [4.78, 5) is 14.7. The minimum absolute atomic E-state index is 0.0373. The van der Waals surface area contributed by atoms with E-state index < -0.39 is 0 Å². The monoisotopic (exact) mass is 343 g/mol. The van der Waals surface area contributed by atoms with E-state index in [0.29, 0.717) is 31.5 Å². The van der Waals surface area contributed by atoms with Gasteiger partial charge in [0.15, 0.2) is 6.10 Å². The Morgan fingerprint density at radius 1 is 1.36 bits per heavy atom. The molecule has 1 aliphatic carbocycles. The predicted molar refractivity (Wildman–Crippen MR) is 88.2 cm³/mol. The summed E-state index contributed by atoms with van der Waals surface area (Å²) in [6.07, 6.45) is 0.543. The fraction of sp³-hybridized carbons (Fsp3) is 0.500. The zero-order valence-corrected chi connectivity index (χ0v) is 14.3. The Balaban J connectivity index is 1.41. The van der Waals surface area contributed by atoms with Gasteiger partial charge in [0, 0.05) is 19.4 Å². The number of carbonyl (C=O) groups excluding carboxylic acids is 1. The summed E-state index contributed by atoms with van der Waals surface area (Å²) in [6.45, 7) is 3.28. The highest BCUT2D eigenvalue weighted by Crippen LogP contribution is 2.49. The number of methoxy groups -OCH3 is 1. The van der Waals surface area contributed by atoms with Gasteiger partial charge in [-0.3, -0.25) is 4.79 Å². The van der Waals surface area contributed by atoms with Crippen molar-refractivity contribution in [1.82, 2.24) is 15.1 Å². The van der Waals surface area contributed by atoms with Crippen LogP contribution in [-0.2, 0) is 9.53 Å². The molecule has 2 aromatic rings. The van der Waals surface area contributed by atoms with E-state index in [9.17, 15) is 4.79 Å². The average Bonchev–Trinajstić information content (AvgIpc) is 3.34. The minimum atomic E-state index is -0.340. The lowest BCUT2D eigenvalue weighted by Crippen LogP contribution is -2.43. The van der Waals surface area contributed by atoms with Crippen molar-refractivity contribution in [2.75, 3.05) is 26.8 Å². The van der Waals surface area contributed by atoms with Crippen LogP contribution in [0.5, 0.6) is 5.75 Å². The maximum absolute atomic E-state index is 12.9. The van der Waals surface area contributed by atoms with E-state index in [4.69, 9.17) is 13.9 Å². The first kappa shape index (κ1) is 16.1. The summed E-state index contributed by atoms with van der Waals surface area (Å²) in [7, 11) is 1.65. The molecule has 2 fully saturated rings. The molecule has 1 saturated heterocycles. The number of hydrogen-bond donors (Lipinski definition) is 0. The molecule has 1 aromatic heterocycles. The minimum Gasteiger partial charge on any atom is -0.497 e. The summed E-state index contributed by atoms with van der Waals surface area (Å²) >= 11 is 0. The lowest BCUT2D eigenvalue weighted by molar-refractivity contribution is -0.141. The van der Waals surface area contributed by atoms with Crippen molar-refractivity contribution in [2.45, 2.75) is 25.4 Å². The van der Waals surface area contributed by atoms with E-state index in [1.54, 1.807) is 14.0 Å². The molecule has 3 atom stereocenters. The molecule has 0 radical (unpaired) electrons. The van der Waals surface area contributed by atoms with Crippen LogP contribution in [0.2, 0.25) is 0 Å². The van der Waals surface area contributed by atoms with Gasteiger partial charge in [-0.2, -0.15) is 0 Å². The van der Waals surface area contributed by atoms with Crippen molar-refractivity contribution in [3.05, 3.63) is 41.6 Å². The van der Waals surface area contributed by atoms with Crippen LogP contribution in [0.1, 0.15) is 35.8 Å². The maximum Gasteiger partial charge on any atom is 0.246 e. The highest BCUT2D eigenvalue weighted by atomic mass is 16.5. The zero-order valence-electron chi connectivity index (χ0n) is 14.3. The van der Waals surface area contributed by atoms with Crippen LogP contribution in [-0.4, -0.2) is 47.8 Å². The Bertz CT molecular complexity index is 775. The first-order valence-corrected chi connectivity index (χ1v) is 8.50. The Labute approximate surface area is 145 Å². The SMILES string of the molecule is COc1cccc([C@@H]2C[C@@H]2C(=O)N2CCO[C@@H](c3nnc(C)o3)C2)c1. The van der Waals surface area contributed by atoms with E-state index >= 15 is 0 Å². The number of aromatic nitrogens is 2. The smallest absolute Gasteiger partial charge is 0.246 e. The summed E-state index contributed by atoms with van der Waals surface area (Å²) in [5.74, 6) is 2.26. The molecule has 25 heavy (non-hydrogen) atoms. The van der Waals surface area contributed by atoms with Crippen LogP contribution in [0.15, 0.2) is 28.7 Å². The van der Waals surface area contributed by atoms with E-state index in [0.717, 1.165) is 17.7 Å². The van der Waals surface area contributed by atoms with Crippen molar-refractivity contribution in [2.24, 2.45) is 5.92 Å². The zero-order chi connectivity index (χ0) is 17.4. The Morgan fingerprint density at radius 3 is 3.00 bits per heavy atom. The summed E-state index contributed by atoms with van der Waals surface area (Å²) < 4.78 is 16.4. The van der Waals surface area contributed by atoms with E-state index in [1.807, 2.05) is 23.1 Å². The lowest BCUT2D eigenvalue weighted by Gasteiger charge is -2.31. The molecule has 1 amide bonds. The van der Waals surface area contributed by atoms with Crippen molar-refractivity contribution in [3.8, 4) is 5.75 Å². The van der Waals surface area contributed by atoms with Crippen LogP contribution in [0.3, 0.4) is 0 Å². The number of amides is 1. The van der Waals surface area contributed by atoms with Gasteiger partial charge in [0.1, 0.15) is 5.75 Å². The Kier molecular flexibility index (Phi) is 4.17. The van der Waals surface area contributed by atoms with Crippen LogP contribution < -0.4 is 4.74 Å². The number of benzene rings is 1. The standard InChI is InChI=1S/C18H21N3O4/c1-11-19-20-17(25-11)16-10-21(6-7-24-16)18(22)15-9-14(15)12-4-3-5-13(8-12)23-2/h3-5,8,14-16H,6-7,9-10H2,1-2H3/t14-,15-,16+/m0/s1. The van der Waals surface area contributed by atoms with Gasteiger partial charge < -0.3 is 18.8 Å². The second kappa shape index (κ2) is 6.48. The van der Waals surface area contributed by atoms with Gasteiger partial charge in [-0.1, -0.05) is 12.1 Å². The van der Waals surface area contributed by atoms with E-state index in [-0.39, 0.29) is 23.8 Å². The molecule has 2 heterocycles. The number of hydrogen-bond acceptors (Lipinski definition) is 6. The van der Waals surface area contributed by atoms with E-state index in [1.165, 1.54) is 0 Å². The average molecular weight is 343 g/mol. The highest BCUT2D eigenvalue weighted by molar-refractivity contribution is 5.83. The molecule has 0 N–H and O–H groups in total. The van der Waals surface area contributed by atoms with Gasteiger partial charge in [0.05, 0.1) is 20.3 Å². The largest absolute Gasteiger partial charge is 0.497 e. The third kappa shape index (κ3) is 3.24. The normalized spacial score (nSPS) is 25.7. The maximum atomic E-state index is 12.9. The molecule has 132 valence electrons. The first-order valence-electron chi connectivity index (χ1n) is 8.50. The molecule has 7 heteroatoms. The highest BCUT2D eigenvalue weighted by Gasteiger charge is 2.46. The van der Waals surface area contributed by atoms with Crippen LogP contribution in [0, 0.1) is 12.8 Å². The van der Waals surface area contributed by atoms with Gasteiger partial charge in [-0.15, -0.1) is 10.2 Å². The molecule has 2 aliphatic rings. The fourth-order valence-electron chi connectivity index (χ4n) is 3.38. The van der Waals surface area contributed by atoms with Crippen molar-refractivity contribution < 1.29 is 18.7 Å². The van der Waals surface area contributed by atoms with Crippen molar-refractivity contribution >= 4 is 5.91 Å². The summed E-state index contributed by atoms with van der Waals surface area (Å²) in [5.41, 5.74) is 1.16. The van der Waals surface area contributed by atoms with Crippen molar-refractivity contribution in [1.29, 1.82) is 0 Å². The third-order valence-electron chi connectivity index (χ3n) is 4.82. The molecule has 0 unspecified atom stereocenters. The topological polar surface area (TPSA) is 77.7 Å². The summed E-state index contributed by atoms with van der Waals surface area (Å²) in [6, 6.07) is 7.96. The predicted octanol–water partition coefficient (Wildman–Crippen LogP) is 2.09. The van der Waals surface area contributed by atoms with Gasteiger partial charge in [-0.25, -0.2) is 0 Å². The Morgan fingerprint density at radius 2 is 2.24 bits per heavy atom. The van der Waals surface area contributed by atoms with Gasteiger partial charge in [-0.05, 0) is 30.0 Å². The molecule has 0 bridgehead atoms. The van der Waals surface area contributed by atoms with Crippen LogP contribution in [0.4, 0.5) is 0 Å². The van der Waals surface area contributed by atoms with Gasteiger partial charge >= 0.3 is 0 Å². The number of carbonyl (C=O) groups is 1.